The zero-order valence-electron chi connectivity index (χ0n) is 24.2. The van der Waals surface area contributed by atoms with Gasteiger partial charge in [0.05, 0.1) is 6.20 Å². The monoisotopic (exact) mass is 898 g/mol. The van der Waals surface area contributed by atoms with E-state index in [1.807, 2.05) is 97.1 Å². The normalized spacial score (nSPS) is 10.6. The zero-order chi connectivity index (χ0) is 30.0. The third kappa shape index (κ3) is 6.79. The molecule has 8 aromatic rings. The molecule has 7 nitrogen and oxygen atoms in total. The van der Waals surface area contributed by atoms with Crippen LogP contribution in [-0.4, -0.2) is 25.1 Å². The number of rotatable bonds is 7. The summed E-state index contributed by atoms with van der Waals surface area (Å²) in [7, 11) is -1.23. The molecule has 0 aliphatic heterocycles. The second kappa shape index (κ2) is 14.5. The Morgan fingerprint density at radius 3 is 1.49 bits per heavy atom. The SMILES string of the molecule is [Pd+2].[Pt+2].[c-]1c(Oc2[c-]c3c(cc2)c2ccc(Oc4[c-]c(-c5ccccn5)ccc4)[c-]c2p3-c2nccnn2)cccc1-c1ccccn1. The number of fused-ring (bicyclic) bond motifs is 3. The molecule has 10 heteroatoms. The molecular weight excluding hydrogens is 879 g/mol. The zero-order valence-corrected chi connectivity index (χ0v) is 28.9. The molecule has 0 radical (unpaired) electrons. The van der Waals surface area contributed by atoms with Crippen molar-refractivity contribution in [3.63, 3.8) is 0 Å². The van der Waals surface area contributed by atoms with Crippen molar-refractivity contribution in [2.45, 2.75) is 0 Å². The predicted molar refractivity (Wildman–Crippen MR) is 174 cm³/mol. The Hall–Kier alpha value is -4.56. The molecule has 0 saturated carbocycles. The van der Waals surface area contributed by atoms with E-state index in [9.17, 15) is 0 Å². The van der Waals surface area contributed by atoms with Crippen molar-refractivity contribution in [2.24, 2.45) is 0 Å². The average molecular weight is 899 g/mol. The summed E-state index contributed by atoms with van der Waals surface area (Å²) < 4.78 is 12.5. The molecule has 0 saturated heterocycles. The van der Waals surface area contributed by atoms with E-state index in [0.29, 0.717) is 28.6 Å². The summed E-state index contributed by atoms with van der Waals surface area (Å²) >= 11 is 0. The van der Waals surface area contributed by atoms with Gasteiger partial charge in [-0.05, 0) is 23.5 Å². The number of nitrogens with zero attached hydrogens (tertiary/aromatic N) is 5. The molecule has 0 N–H and O–H groups in total. The van der Waals surface area contributed by atoms with Gasteiger partial charge in [0, 0.05) is 41.6 Å². The standard InChI is InChI=1S/C37H20N5O2P.Pd.Pt/c1-3-17-38-33(11-1)25-7-5-9-27(21-25)43-29-13-15-31-32-16-14-30(24-36(32)45(35(31)23-29)37-40-19-20-41-42-37)44-28-10-6-8-26(22-28)34-12-2-4-18-39-34;;/h1-20H;;/q-4;2*+2. The van der Waals surface area contributed by atoms with E-state index >= 15 is 0 Å². The Labute approximate surface area is 300 Å². The Balaban J connectivity index is 0.00000193. The molecule has 0 atom stereocenters. The molecule has 8 rings (SSSR count). The number of aromatic nitrogens is 5. The smallest absolute Gasteiger partial charge is 0.503 e. The first-order valence-corrected chi connectivity index (χ1v) is 15.4. The first-order chi connectivity index (χ1) is 22.3. The van der Waals surface area contributed by atoms with E-state index in [0.717, 1.165) is 43.5 Å². The molecular formula is C37H20N5O2PPdPt. The molecule has 0 aliphatic carbocycles. The van der Waals surface area contributed by atoms with Crippen LogP contribution in [0.3, 0.4) is 0 Å². The Kier molecular flexibility index (Phi) is 9.97. The van der Waals surface area contributed by atoms with Crippen LogP contribution in [0, 0.1) is 24.3 Å². The van der Waals surface area contributed by atoms with Gasteiger partial charge in [-0.3, -0.25) is 0 Å². The van der Waals surface area contributed by atoms with Gasteiger partial charge >= 0.3 is 41.5 Å². The maximum atomic E-state index is 6.27. The minimum absolute atomic E-state index is 0. The summed E-state index contributed by atoms with van der Waals surface area (Å²) in [5, 5.41) is 12.4. The third-order valence-electron chi connectivity index (χ3n) is 7.06. The van der Waals surface area contributed by atoms with Crippen molar-refractivity contribution >= 4 is 28.5 Å². The Bertz CT molecular complexity index is 2150. The summed E-state index contributed by atoms with van der Waals surface area (Å²) in [6.45, 7) is 0. The molecule has 47 heavy (non-hydrogen) atoms. The van der Waals surface area contributed by atoms with Crippen molar-refractivity contribution in [3.05, 3.63) is 146 Å². The molecule has 0 unspecified atom stereocenters. The van der Waals surface area contributed by atoms with Gasteiger partial charge < -0.3 is 19.4 Å². The van der Waals surface area contributed by atoms with E-state index in [2.05, 4.69) is 49.4 Å². The topological polar surface area (TPSA) is 82.9 Å². The minimum Gasteiger partial charge on any atom is -0.503 e. The minimum atomic E-state index is -1.23. The molecule has 4 heterocycles. The summed E-state index contributed by atoms with van der Waals surface area (Å²) in [6, 6.07) is 44.6. The molecule has 0 bridgehead atoms. The van der Waals surface area contributed by atoms with Gasteiger partial charge in [-0.2, -0.15) is 28.0 Å². The fraction of sp³-hybridized carbons (Fsp3) is 0. The van der Waals surface area contributed by atoms with E-state index in [1.165, 1.54) is 0 Å². The van der Waals surface area contributed by atoms with Crippen LogP contribution in [0.25, 0.3) is 49.1 Å². The fourth-order valence-electron chi connectivity index (χ4n) is 5.08. The fourth-order valence-corrected chi connectivity index (χ4v) is 7.35. The van der Waals surface area contributed by atoms with Crippen LogP contribution in [-0.2, 0) is 41.5 Å². The number of benzene rings is 4. The summed E-state index contributed by atoms with van der Waals surface area (Å²) in [6.07, 6.45) is 6.74. The van der Waals surface area contributed by atoms with Gasteiger partial charge in [-0.25, -0.2) is 4.98 Å². The van der Waals surface area contributed by atoms with E-state index in [-0.39, 0.29) is 41.5 Å². The number of hydrogen-bond donors (Lipinski definition) is 0. The van der Waals surface area contributed by atoms with Crippen LogP contribution in [0.1, 0.15) is 0 Å². The molecule has 230 valence electrons. The molecule has 0 aliphatic rings. The van der Waals surface area contributed by atoms with Crippen molar-refractivity contribution in [1.29, 1.82) is 0 Å². The van der Waals surface area contributed by atoms with Crippen LogP contribution in [0.4, 0.5) is 0 Å². The largest absolute Gasteiger partial charge is 2.00 e. The van der Waals surface area contributed by atoms with Crippen molar-refractivity contribution in [1.82, 2.24) is 25.1 Å². The van der Waals surface area contributed by atoms with E-state index in [4.69, 9.17) is 9.47 Å². The van der Waals surface area contributed by atoms with Crippen molar-refractivity contribution in [3.8, 4) is 51.1 Å². The van der Waals surface area contributed by atoms with Gasteiger partial charge in [-0.15, -0.1) is 87.1 Å². The van der Waals surface area contributed by atoms with Crippen LogP contribution in [0.2, 0.25) is 0 Å². The maximum Gasteiger partial charge on any atom is 2.00 e. The van der Waals surface area contributed by atoms with E-state index < -0.39 is 7.53 Å². The third-order valence-corrected chi connectivity index (χ3v) is 9.27. The molecule has 4 aromatic carbocycles. The first kappa shape index (κ1) is 32.4. The van der Waals surface area contributed by atoms with Gasteiger partial charge in [0.25, 0.3) is 0 Å². The molecule has 0 fully saturated rings. The second-order valence-electron chi connectivity index (χ2n) is 9.94. The van der Waals surface area contributed by atoms with Gasteiger partial charge in [-0.1, -0.05) is 43.9 Å². The Morgan fingerprint density at radius 2 is 1.02 bits per heavy atom. The van der Waals surface area contributed by atoms with Gasteiger partial charge in [0.15, 0.2) is 5.57 Å². The molecule has 4 aromatic heterocycles. The summed E-state index contributed by atoms with van der Waals surface area (Å²) in [4.78, 5) is 13.4. The van der Waals surface area contributed by atoms with Gasteiger partial charge in [0.2, 0.25) is 0 Å². The van der Waals surface area contributed by atoms with Crippen LogP contribution < -0.4 is 9.47 Å². The maximum absolute atomic E-state index is 6.27. The average Bonchev–Trinajstić information content (AvgIpc) is 3.42. The van der Waals surface area contributed by atoms with Crippen LogP contribution in [0.15, 0.2) is 122 Å². The summed E-state index contributed by atoms with van der Waals surface area (Å²) in [5.74, 6) is 2.26. The number of pyridine rings is 2. The van der Waals surface area contributed by atoms with E-state index in [1.54, 1.807) is 24.8 Å². The predicted octanol–water partition coefficient (Wildman–Crippen LogP) is 9.06. The Morgan fingerprint density at radius 1 is 0.489 bits per heavy atom. The molecule has 0 amide bonds. The first-order valence-electron chi connectivity index (χ1n) is 14.1. The molecule has 0 spiro atoms. The number of ether oxygens (including phenoxy) is 2. The van der Waals surface area contributed by atoms with Crippen LogP contribution >= 0.6 is 7.53 Å². The second-order valence-corrected chi connectivity index (χ2v) is 11.9. The number of hydrogen-bond acceptors (Lipinski definition) is 7. The summed E-state index contributed by atoms with van der Waals surface area (Å²) in [5.41, 5.74) is 3.93. The van der Waals surface area contributed by atoms with Crippen molar-refractivity contribution < 1.29 is 51.0 Å². The van der Waals surface area contributed by atoms with Crippen molar-refractivity contribution in [2.75, 3.05) is 0 Å². The quantitative estimate of drug-likeness (QED) is 0.117. The van der Waals surface area contributed by atoms with Crippen LogP contribution in [0.5, 0.6) is 23.0 Å². The van der Waals surface area contributed by atoms with Gasteiger partial charge in [0.1, 0.15) is 0 Å².